The topological polar surface area (TPSA) is 99.6 Å². The zero-order valence-corrected chi connectivity index (χ0v) is 16.2. The molecule has 0 spiro atoms. The Kier molecular flexibility index (Phi) is 4.64. The zero-order chi connectivity index (χ0) is 20.9. The number of benzene rings is 1. The summed E-state index contributed by atoms with van der Waals surface area (Å²) in [4.78, 5) is 22.7. The molecule has 29 heavy (non-hydrogen) atoms. The van der Waals surface area contributed by atoms with Crippen LogP contribution in [0.4, 0.5) is 26.2 Å². The van der Waals surface area contributed by atoms with E-state index in [4.69, 9.17) is 9.84 Å². The van der Waals surface area contributed by atoms with Crippen LogP contribution < -0.4 is 20.3 Å². The van der Waals surface area contributed by atoms with Crippen LogP contribution in [0.2, 0.25) is 0 Å². The fourth-order valence-corrected chi connectivity index (χ4v) is 3.38. The van der Waals surface area contributed by atoms with Gasteiger partial charge >= 0.3 is 0 Å². The number of aryl methyl sites for hydroxylation is 1. The maximum Gasteiger partial charge on any atom is 0.246 e. The molecule has 1 saturated carbocycles. The summed E-state index contributed by atoms with van der Waals surface area (Å²) in [6, 6.07) is 1.63. The second kappa shape index (κ2) is 7.02. The molecule has 2 heterocycles. The van der Waals surface area contributed by atoms with Crippen molar-refractivity contribution in [2.75, 3.05) is 22.6 Å². The van der Waals surface area contributed by atoms with E-state index in [1.807, 2.05) is 7.05 Å². The molecule has 0 bridgehead atoms. The van der Waals surface area contributed by atoms with E-state index in [1.165, 1.54) is 0 Å². The number of amides is 1. The summed E-state index contributed by atoms with van der Waals surface area (Å²) < 4.78 is 32.4. The van der Waals surface area contributed by atoms with Crippen LogP contribution in [0.1, 0.15) is 25.5 Å². The van der Waals surface area contributed by atoms with Gasteiger partial charge in [-0.2, -0.15) is 4.98 Å². The first-order valence-corrected chi connectivity index (χ1v) is 9.26. The summed E-state index contributed by atoms with van der Waals surface area (Å²) in [5.41, 5.74) is 1.26. The predicted octanol–water partition coefficient (Wildman–Crippen LogP) is 2.57. The molecule has 1 atom stereocenters. The average molecular weight is 405 g/mol. The molecule has 0 saturated heterocycles. The number of fused-ring (bicyclic) bond motifs is 1. The molecule has 0 radical (unpaired) electrons. The van der Waals surface area contributed by atoms with Crippen molar-refractivity contribution in [1.29, 1.82) is 0 Å². The summed E-state index contributed by atoms with van der Waals surface area (Å²) in [5, 5.41) is 15.2. The Hall–Kier alpha value is -3.17. The Morgan fingerprint density at radius 2 is 1.93 bits per heavy atom. The van der Waals surface area contributed by atoms with Gasteiger partial charge in [0.1, 0.15) is 23.6 Å². The maximum absolute atomic E-state index is 13.4. The Morgan fingerprint density at radius 3 is 2.59 bits per heavy atom. The molecule has 1 fully saturated rings. The van der Waals surface area contributed by atoms with E-state index in [1.54, 1.807) is 18.7 Å². The molecular formula is C19H21F2N5O3. The molecule has 1 aromatic heterocycles. The quantitative estimate of drug-likeness (QED) is 0.719. The Balaban J connectivity index is 1.40. The van der Waals surface area contributed by atoms with Crippen molar-refractivity contribution in [2.24, 2.45) is 0 Å². The van der Waals surface area contributed by atoms with Gasteiger partial charge in [0.05, 0.1) is 5.69 Å². The third-order valence-corrected chi connectivity index (χ3v) is 5.33. The van der Waals surface area contributed by atoms with Crippen LogP contribution >= 0.6 is 0 Å². The normalized spacial score (nSPS) is 23.1. The standard InChI is InChI=1S/C19H21F2N5O3/c1-8-15-17(26(3)9(2)18(28)24-15)25-19(22-8)23-10-4-11(5-10)29-12-6-13(20)16(27)14(21)7-12/h6-7,9-11,27H,4-5H2,1-3H3,(H,24,28)(H,22,23,25)/t9-,10-,11-/m0/s1. The fourth-order valence-electron chi connectivity index (χ4n) is 3.38. The molecule has 1 aliphatic heterocycles. The van der Waals surface area contributed by atoms with Crippen molar-refractivity contribution >= 4 is 23.4 Å². The van der Waals surface area contributed by atoms with E-state index in [9.17, 15) is 13.6 Å². The molecule has 0 unspecified atom stereocenters. The van der Waals surface area contributed by atoms with E-state index < -0.39 is 17.4 Å². The predicted molar refractivity (Wildman–Crippen MR) is 102 cm³/mol. The van der Waals surface area contributed by atoms with E-state index in [-0.39, 0.29) is 29.8 Å². The molecule has 10 heteroatoms. The first kappa shape index (κ1) is 19.2. The van der Waals surface area contributed by atoms with Crippen LogP contribution in [0.25, 0.3) is 0 Å². The minimum Gasteiger partial charge on any atom is -0.503 e. The van der Waals surface area contributed by atoms with Gasteiger partial charge in [-0.1, -0.05) is 0 Å². The van der Waals surface area contributed by atoms with E-state index in [0.29, 0.717) is 36.0 Å². The summed E-state index contributed by atoms with van der Waals surface area (Å²) >= 11 is 0. The van der Waals surface area contributed by atoms with Crippen molar-refractivity contribution in [1.82, 2.24) is 9.97 Å². The molecule has 154 valence electrons. The number of hydrogen-bond donors (Lipinski definition) is 3. The van der Waals surface area contributed by atoms with Crippen LogP contribution in [-0.2, 0) is 4.79 Å². The molecule has 4 rings (SSSR count). The number of aromatic hydroxyl groups is 1. The lowest BCUT2D eigenvalue weighted by Crippen LogP contribution is -2.45. The van der Waals surface area contributed by atoms with Gasteiger partial charge in [0.2, 0.25) is 11.9 Å². The molecule has 2 aromatic rings. The Morgan fingerprint density at radius 1 is 1.28 bits per heavy atom. The first-order chi connectivity index (χ1) is 13.7. The highest BCUT2D eigenvalue weighted by Crippen LogP contribution is 2.34. The van der Waals surface area contributed by atoms with E-state index in [0.717, 1.165) is 12.1 Å². The monoisotopic (exact) mass is 405 g/mol. The largest absolute Gasteiger partial charge is 0.503 e. The van der Waals surface area contributed by atoms with Gasteiger partial charge in [-0.25, -0.2) is 13.8 Å². The van der Waals surface area contributed by atoms with Crippen molar-refractivity contribution in [3.8, 4) is 11.5 Å². The lowest BCUT2D eigenvalue weighted by Gasteiger charge is -2.37. The summed E-state index contributed by atoms with van der Waals surface area (Å²) in [6.45, 7) is 3.60. The second-order valence-electron chi connectivity index (χ2n) is 7.40. The van der Waals surface area contributed by atoms with Crippen molar-refractivity contribution in [2.45, 2.75) is 44.9 Å². The van der Waals surface area contributed by atoms with Gasteiger partial charge in [0.25, 0.3) is 0 Å². The zero-order valence-electron chi connectivity index (χ0n) is 16.2. The number of hydrogen-bond acceptors (Lipinski definition) is 7. The van der Waals surface area contributed by atoms with Gasteiger partial charge in [0.15, 0.2) is 23.2 Å². The molecular weight excluding hydrogens is 384 g/mol. The number of nitrogens with one attached hydrogen (secondary N) is 2. The summed E-state index contributed by atoms with van der Waals surface area (Å²) in [7, 11) is 1.81. The first-order valence-electron chi connectivity index (χ1n) is 9.26. The van der Waals surface area contributed by atoms with Gasteiger partial charge in [-0.3, -0.25) is 4.79 Å². The minimum absolute atomic E-state index is 0.0356. The van der Waals surface area contributed by atoms with Crippen LogP contribution in [-0.4, -0.2) is 46.2 Å². The number of phenolic OH excluding ortho intramolecular Hbond substituents is 1. The van der Waals surface area contributed by atoms with Crippen LogP contribution in [0.15, 0.2) is 12.1 Å². The molecule has 1 amide bonds. The lowest BCUT2D eigenvalue weighted by molar-refractivity contribution is -0.117. The van der Waals surface area contributed by atoms with Gasteiger partial charge < -0.3 is 25.4 Å². The molecule has 1 aromatic carbocycles. The van der Waals surface area contributed by atoms with Crippen molar-refractivity contribution < 1.29 is 23.4 Å². The fraction of sp³-hybridized carbons (Fsp3) is 0.421. The van der Waals surface area contributed by atoms with Gasteiger partial charge in [0, 0.05) is 38.1 Å². The molecule has 8 nitrogen and oxygen atoms in total. The maximum atomic E-state index is 13.4. The highest BCUT2D eigenvalue weighted by Gasteiger charge is 2.34. The number of likely N-dealkylation sites (N-methyl/N-ethyl adjacent to an activating group) is 1. The van der Waals surface area contributed by atoms with Crippen molar-refractivity contribution in [3.05, 3.63) is 29.5 Å². The van der Waals surface area contributed by atoms with Crippen LogP contribution in [0, 0.1) is 18.6 Å². The molecule has 1 aliphatic carbocycles. The summed E-state index contributed by atoms with van der Waals surface area (Å²) in [6.07, 6.45) is 0.996. The Bertz CT molecular complexity index is 958. The molecule has 3 N–H and O–H groups in total. The second-order valence-corrected chi connectivity index (χ2v) is 7.40. The lowest BCUT2D eigenvalue weighted by atomic mass is 9.89. The number of anilines is 3. The SMILES string of the molecule is Cc1nc(N[C@H]2C[C@H](Oc3cc(F)c(O)c(F)c3)C2)nc2c1NC(=O)[C@H](C)N2C. The van der Waals surface area contributed by atoms with Crippen LogP contribution in [0.3, 0.4) is 0 Å². The summed E-state index contributed by atoms with van der Waals surface area (Å²) in [5.74, 6) is -2.10. The highest BCUT2D eigenvalue weighted by atomic mass is 19.1. The number of carbonyl (C=O) groups is 1. The number of nitrogens with zero attached hydrogens (tertiary/aromatic N) is 3. The van der Waals surface area contributed by atoms with E-state index >= 15 is 0 Å². The Labute approximate surface area is 165 Å². The molecule has 2 aliphatic rings. The number of ether oxygens (including phenoxy) is 1. The van der Waals surface area contributed by atoms with E-state index in [2.05, 4.69) is 20.6 Å². The van der Waals surface area contributed by atoms with Crippen LogP contribution in [0.5, 0.6) is 11.5 Å². The minimum atomic E-state index is -1.06. The highest BCUT2D eigenvalue weighted by molar-refractivity contribution is 6.03. The number of halogens is 2. The third kappa shape index (κ3) is 3.50. The number of phenols is 1. The smallest absolute Gasteiger partial charge is 0.246 e. The van der Waals surface area contributed by atoms with Gasteiger partial charge in [-0.15, -0.1) is 0 Å². The average Bonchev–Trinajstić information content (AvgIpc) is 2.63. The number of aromatic nitrogens is 2. The van der Waals surface area contributed by atoms with Crippen molar-refractivity contribution in [3.63, 3.8) is 0 Å². The number of rotatable bonds is 4. The number of carbonyl (C=O) groups excluding carboxylic acids is 1. The third-order valence-electron chi connectivity index (χ3n) is 5.33. The van der Waals surface area contributed by atoms with Gasteiger partial charge in [-0.05, 0) is 13.8 Å².